The molecule has 0 bridgehead atoms. The van der Waals surface area contributed by atoms with Gasteiger partial charge in [0, 0.05) is 13.7 Å². The van der Waals surface area contributed by atoms with Gasteiger partial charge in [0.1, 0.15) is 0 Å². The molecule has 0 heterocycles. The van der Waals surface area contributed by atoms with Gasteiger partial charge in [-0.15, -0.1) is 0 Å². The molecule has 3 heteroatoms. The molecule has 0 fully saturated rings. The Labute approximate surface area is 94.5 Å². The lowest BCUT2D eigenvalue weighted by atomic mass is 10.0. The highest BCUT2D eigenvalue weighted by Crippen LogP contribution is 2.14. The van der Waals surface area contributed by atoms with E-state index < -0.39 is 0 Å². The first kappa shape index (κ1) is 14.9. The Hall–Kier alpha value is -0.120. The molecule has 0 aromatic rings. The zero-order valence-corrected chi connectivity index (χ0v) is 11.1. The second-order valence-corrected chi connectivity index (χ2v) is 4.82. The highest BCUT2D eigenvalue weighted by atomic mass is 16.5. The molecular weight excluding hydrogens is 190 g/mol. The third-order valence-electron chi connectivity index (χ3n) is 2.96. The molecule has 0 saturated heterocycles. The van der Waals surface area contributed by atoms with Gasteiger partial charge in [-0.25, -0.2) is 0 Å². The van der Waals surface area contributed by atoms with Crippen molar-refractivity contribution in [1.82, 2.24) is 5.32 Å². The Morgan fingerprint density at radius 3 is 2.33 bits per heavy atom. The van der Waals surface area contributed by atoms with Crippen LogP contribution in [0.5, 0.6) is 0 Å². The van der Waals surface area contributed by atoms with Crippen molar-refractivity contribution in [3.63, 3.8) is 0 Å². The second kappa shape index (κ2) is 7.20. The van der Waals surface area contributed by atoms with E-state index in [-0.39, 0.29) is 5.60 Å². The molecule has 1 N–H and O–H groups in total. The van der Waals surface area contributed by atoms with Crippen molar-refractivity contribution in [1.29, 1.82) is 0 Å². The summed E-state index contributed by atoms with van der Waals surface area (Å²) >= 11 is 0. The average Bonchev–Trinajstić information content (AvgIpc) is 2.18. The Bertz CT molecular complexity index is 160. The summed E-state index contributed by atoms with van der Waals surface area (Å²) < 4.78 is 11.1. The Morgan fingerprint density at radius 2 is 1.87 bits per heavy atom. The van der Waals surface area contributed by atoms with Gasteiger partial charge in [-0.05, 0) is 46.7 Å². The van der Waals surface area contributed by atoms with Gasteiger partial charge in [0.15, 0.2) is 0 Å². The van der Waals surface area contributed by atoms with Crippen LogP contribution in [-0.2, 0) is 9.47 Å². The molecular formula is C12H27NO2. The van der Waals surface area contributed by atoms with E-state index in [1.54, 1.807) is 7.11 Å². The molecule has 92 valence electrons. The van der Waals surface area contributed by atoms with E-state index in [9.17, 15) is 0 Å². The quantitative estimate of drug-likeness (QED) is 0.675. The van der Waals surface area contributed by atoms with E-state index in [0.29, 0.717) is 12.0 Å². The fourth-order valence-corrected chi connectivity index (χ4v) is 1.24. The minimum Gasteiger partial charge on any atom is -0.379 e. The second-order valence-electron chi connectivity index (χ2n) is 4.82. The van der Waals surface area contributed by atoms with Crippen molar-refractivity contribution in [2.75, 3.05) is 27.3 Å². The Balaban J connectivity index is 3.67. The standard InChI is InChI=1S/C12H27NO2/c1-10(9-13-5)11(2)15-8-7-12(3,4)14-6/h10-11,13H,7-9H2,1-6H3. The van der Waals surface area contributed by atoms with E-state index in [4.69, 9.17) is 9.47 Å². The zero-order valence-electron chi connectivity index (χ0n) is 11.1. The predicted molar refractivity (Wildman–Crippen MR) is 64.2 cm³/mol. The largest absolute Gasteiger partial charge is 0.379 e. The smallest absolute Gasteiger partial charge is 0.0644 e. The number of ether oxygens (including phenoxy) is 2. The Kier molecular flexibility index (Phi) is 7.14. The lowest BCUT2D eigenvalue weighted by Gasteiger charge is -2.25. The van der Waals surface area contributed by atoms with Gasteiger partial charge in [-0.1, -0.05) is 6.92 Å². The van der Waals surface area contributed by atoms with Gasteiger partial charge in [-0.3, -0.25) is 0 Å². The van der Waals surface area contributed by atoms with Crippen LogP contribution in [0.4, 0.5) is 0 Å². The third-order valence-corrected chi connectivity index (χ3v) is 2.96. The lowest BCUT2D eigenvalue weighted by molar-refractivity contribution is -0.0333. The van der Waals surface area contributed by atoms with E-state index in [1.807, 2.05) is 7.05 Å². The van der Waals surface area contributed by atoms with Crippen molar-refractivity contribution in [3.8, 4) is 0 Å². The average molecular weight is 217 g/mol. The summed E-state index contributed by atoms with van der Waals surface area (Å²) in [7, 11) is 3.71. The van der Waals surface area contributed by atoms with Gasteiger partial charge >= 0.3 is 0 Å². The SMILES string of the molecule is CNCC(C)C(C)OCCC(C)(C)OC. The van der Waals surface area contributed by atoms with Gasteiger partial charge in [-0.2, -0.15) is 0 Å². The zero-order chi connectivity index (χ0) is 11.9. The van der Waals surface area contributed by atoms with E-state index in [2.05, 4.69) is 33.0 Å². The number of hydrogen-bond donors (Lipinski definition) is 1. The van der Waals surface area contributed by atoms with Crippen molar-refractivity contribution >= 4 is 0 Å². The summed E-state index contributed by atoms with van der Waals surface area (Å²) in [6.45, 7) is 10.2. The molecule has 2 unspecified atom stereocenters. The van der Waals surface area contributed by atoms with Crippen LogP contribution in [0.15, 0.2) is 0 Å². The summed E-state index contributed by atoms with van der Waals surface area (Å²) in [6, 6.07) is 0. The lowest BCUT2D eigenvalue weighted by Crippen LogP contribution is -2.30. The minimum atomic E-state index is -0.0774. The number of hydrogen-bond acceptors (Lipinski definition) is 3. The first-order chi connectivity index (χ1) is 6.93. The van der Waals surface area contributed by atoms with Crippen molar-refractivity contribution in [2.24, 2.45) is 5.92 Å². The van der Waals surface area contributed by atoms with Crippen molar-refractivity contribution in [2.45, 2.75) is 45.8 Å². The highest BCUT2D eigenvalue weighted by Gasteiger charge is 2.18. The van der Waals surface area contributed by atoms with E-state index >= 15 is 0 Å². The molecule has 0 aromatic heterocycles. The summed E-state index contributed by atoms with van der Waals surface area (Å²) in [5, 5.41) is 3.16. The van der Waals surface area contributed by atoms with Crippen LogP contribution in [0.1, 0.15) is 34.1 Å². The third kappa shape index (κ3) is 6.88. The maximum absolute atomic E-state index is 5.77. The molecule has 0 rings (SSSR count). The van der Waals surface area contributed by atoms with Gasteiger partial charge in [0.05, 0.1) is 11.7 Å². The maximum Gasteiger partial charge on any atom is 0.0644 e. The monoisotopic (exact) mass is 217 g/mol. The number of methoxy groups -OCH3 is 1. The molecule has 0 aliphatic carbocycles. The summed E-state index contributed by atoms with van der Waals surface area (Å²) in [4.78, 5) is 0. The van der Waals surface area contributed by atoms with E-state index in [1.165, 1.54) is 0 Å². The fraction of sp³-hybridized carbons (Fsp3) is 1.00. The van der Waals surface area contributed by atoms with Gasteiger partial charge < -0.3 is 14.8 Å². The molecule has 3 nitrogen and oxygen atoms in total. The molecule has 0 saturated carbocycles. The summed E-state index contributed by atoms with van der Waals surface area (Å²) in [6.07, 6.45) is 1.23. The maximum atomic E-state index is 5.77. The van der Waals surface area contributed by atoms with Crippen LogP contribution in [0, 0.1) is 5.92 Å². The minimum absolute atomic E-state index is 0.0774. The molecule has 15 heavy (non-hydrogen) atoms. The molecule has 0 radical (unpaired) electrons. The van der Waals surface area contributed by atoms with Crippen LogP contribution in [0.2, 0.25) is 0 Å². The summed E-state index contributed by atoms with van der Waals surface area (Å²) in [5.41, 5.74) is -0.0774. The highest BCUT2D eigenvalue weighted by molar-refractivity contribution is 4.68. The fourth-order valence-electron chi connectivity index (χ4n) is 1.24. The number of nitrogens with one attached hydrogen (secondary N) is 1. The molecule has 0 aliphatic heterocycles. The van der Waals surface area contributed by atoms with Crippen LogP contribution in [0.25, 0.3) is 0 Å². The Morgan fingerprint density at radius 1 is 1.27 bits per heavy atom. The topological polar surface area (TPSA) is 30.5 Å². The van der Waals surface area contributed by atoms with Gasteiger partial charge in [0.25, 0.3) is 0 Å². The molecule has 0 aromatic carbocycles. The van der Waals surface area contributed by atoms with Gasteiger partial charge in [0.2, 0.25) is 0 Å². The first-order valence-electron chi connectivity index (χ1n) is 5.74. The normalized spacial score (nSPS) is 16.4. The van der Waals surface area contributed by atoms with Crippen molar-refractivity contribution < 1.29 is 9.47 Å². The molecule has 0 aliphatic rings. The molecule has 0 spiro atoms. The van der Waals surface area contributed by atoms with Crippen molar-refractivity contribution in [3.05, 3.63) is 0 Å². The summed E-state index contributed by atoms with van der Waals surface area (Å²) in [5.74, 6) is 0.542. The van der Waals surface area contributed by atoms with Crippen LogP contribution >= 0.6 is 0 Å². The predicted octanol–water partition coefficient (Wildman–Crippen LogP) is 2.06. The van der Waals surface area contributed by atoms with Crippen LogP contribution < -0.4 is 5.32 Å². The first-order valence-corrected chi connectivity index (χ1v) is 5.74. The van der Waals surface area contributed by atoms with E-state index in [0.717, 1.165) is 19.6 Å². The molecule has 0 amide bonds. The van der Waals surface area contributed by atoms with Crippen LogP contribution in [0.3, 0.4) is 0 Å². The van der Waals surface area contributed by atoms with Crippen LogP contribution in [-0.4, -0.2) is 39.0 Å². The number of rotatable bonds is 8. The molecule has 2 atom stereocenters.